The predicted octanol–water partition coefficient (Wildman–Crippen LogP) is 2.40. The molecule has 0 radical (unpaired) electrons. The van der Waals surface area contributed by atoms with Crippen LogP contribution in [0.2, 0.25) is 5.02 Å². The molecule has 1 aromatic carbocycles. The maximum Gasteiger partial charge on any atom is 0.253 e. The van der Waals surface area contributed by atoms with Gasteiger partial charge in [0.2, 0.25) is 5.91 Å². The molecule has 0 aliphatic rings. The van der Waals surface area contributed by atoms with E-state index in [9.17, 15) is 9.59 Å². The number of nitrogens with one attached hydrogen (secondary N) is 2. The summed E-state index contributed by atoms with van der Waals surface area (Å²) in [5.74, 6) is -0.630. The third-order valence-electron chi connectivity index (χ3n) is 2.77. The summed E-state index contributed by atoms with van der Waals surface area (Å²) in [6.45, 7) is 7.63. The first kappa shape index (κ1) is 16.2. The minimum Gasteiger partial charge on any atom is -0.351 e. The molecule has 20 heavy (non-hydrogen) atoms. The number of carbonyl (C=O) groups excluding carboxylic acids is 2. The van der Waals surface area contributed by atoms with Gasteiger partial charge in [-0.15, -0.1) is 6.58 Å². The Morgan fingerprint density at radius 1 is 1.35 bits per heavy atom. The highest BCUT2D eigenvalue weighted by atomic mass is 35.5. The molecule has 4 nitrogen and oxygen atoms in total. The molecule has 0 aliphatic heterocycles. The van der Waals surface area contributed by atoms with Crippen molar-refractivity contribution in [2.45, 2.75) is 19.9 Å². The lowest BCUT2D eigenvalue weighted by molar-refractivity contribution is -0.123. The highest BCUT2D eigenvalue weighted by Crippen LogP contribution is 2.15. The summed E-state index contributed by atoms with van der Waals surface area (Å²) in [6.07, 6.45) is 1.59. The number of benzene rings is 1. The van der Waals surface area contributed by atoms with E-state index in [-0.39, 0.29) is 17.7 Å². The van der Waals surface area contributed by atoms with Crippen LogP contribution in [0.1, 0.15) is 24.2 Å². The van der Waals surface area contributed by atoms with Gasteiger partial charge in [-0.1, -0.05) is 43.7 Å². The second-order valence-electron chi connectivity index (χ2n) is 4.71. The molecule has 2 amide bonds. The molecule has 1 aromatic rings. The largest absolute Gasteiger partial charge is 0.351 e. The summed E-state index contributed by atoms with van der Waals surface area (Å²) in [4.78, 5) is 24.2. The zero-order valence-corrected chi connectivity index (χ0v) is 12.4. The molecule has 0 heterocycles. The van der Waals surface area contributed by atoms with Crippen LogP contribution in [0.15, 0.2) is 36.9 Å². The van der Waals surface area contributed by atoms with Gasteiger partial charge in [0.05, 0.1) is 10.6 Å². The highest BCUT2D eigenvalue weighted by molar-refractivity contribution is 6.33. The smallest absolute Gasteiger partial charge is 0.253 e. The van der Waals surface area contributed by atoms with Crippen molar-refractivity contribution < 1.29 is 9.59 Å². The Kier molecular flexibility index (Phi) is 6.25. The number of rotatable bonds is 6. The molecule has 0 saturated heterocycles. The predicted molar refractivity (Wildman–Crippen MR) is 80.8 cm³/mol. The lowest BCUT2D eigenvalue weighted by Gasteiger charge is -2.21. The van der Waals surface area contributed by atoms with Crippen molar-refractivity contribution >= 4 is 23.4 Å². The molecule has 0 aromatic heterocycles. The van der Waals surface area contributed by atoms with E-state index in [1.54, 1.807) is 30.3 Å². The van der Waals surface area contributed by atoms with E-state index in [4.69, 9.17) is 11.6 Å². The Morgan fingerprint density at radius 2 is 2.00 bits per heavy atom. The van der Waals surface area contributed by atoms with Crippen molar-refractivity contribution in [3.8, 4) is 0 Å². The molecule has 0 unspecified atom stereocenters. The fourth-order valence-corrected chi connectivity index (χ4v) is 1.90. The Morgan fingerprint density at radius 3 is 2.55 bits per heavy atom. The van der Waals surface area contributed by atoms with Crippen LogP contribution >= 0.6 is 11.6 Å². The second-order valence-corrected chi connectivity index (χ2v) is 5.12. The Bertz CT molecular complexity index is 500. The first-order valence-corrected chi connectivity index (χ1v) is 6.79. The number of halogens is 1. The van der Waals surface area contributed by atoms with Gasteiger partial charge in [0.25, 0.3) is 5.91 Å². The van der Waals surface area contributed by atoms with Crippen LogP contribution in [0, 0.1) is 5.92 Å². The summed E-state index contributed by atoms with van der Waals surface area (Å²) in [5, 5.41) is 5.75. The van der Waals surface area contributed by atoms with Crippen molar-refractivity contribution in [1.82, 2.24) is 10.6 Å². The quantitative estimate of drug-likeness (QED) is 0.792. The Hall–Kier alpha value is -1.81. The first-order chi connectivity index (χ1) is 9.47. The molecule has 0 bridgehead atoms. The van der Waals surface area contributed by atoms with Gasteiger partial charge >= 0.3 is 0 Å². The average molecular weight is 295 g/mol. The van der Waals surface area contributed by atoms with Crippen molar-refractivity contribution in [2.75, 3.05) is 6.54 Å². The highest BCUT2D eigenvalue weighted by Gasteiger charge is 2.24. The zero-order chi connectivity index (χ0) is 15.1. The van der Waals surface area contributed by atoms with Crippen LogP contribution < -0.4 is 10.6 Å². The zero-order valence-electron chi connectivity index (χ0n) is 11.7. The van der Waals surface area contributed by atoms with Gasteiger partial charge in [-0.05, 0) is 18.1 Å². The van der Waals surface area contributed by atoms with Gasteiger partial charge in [-0.25, -0.2) is 0 Å². The molecule has 0 aliphatic carbocycles. The van der Waals surface area contributed by atoms with Crippen LogP contribution in [0.4, 0.5) is 0 Å². The summed E-state index contributed by atoms with van der Waals surface area (Å²) >= 11 is 5.97. The molecule has 1 atom stereocenters. The fourth-order valence-electron chi connectivity index (χ4n) is 1.68. The molecule has 0 saturated carbocycles. The maximum atomic E-state index is 12.2. The van der Waals surface area contributed by atoms with Crippen molar-refractivity contribution in [2.24, 2.45) is 5.92 Å². The van der Waals surface area contributed by atoms with E-state index < -0.39 is 6.04 Å². The molecule has 108 valence electrons. The van der Waals surface area contributed by atoms with Gasteiger partial charge in [0, 0.05) is 6.54 Å². The molecule has 2 N–H and O–H groups in total. The van der Waals surface area contributed by atoms with Crippen molar-refractivity contribution in [1.29, 1.82) is 0 Å². The van der Waals surface area contributed by atoms with Crippen molar-refractivity contribution in [3.63, 3.8) is 0 Å². The topological polar surface area (TPSA) is 58.2 Å². The number of hydrogen-bond acceptors (Lipinski definition) is 2. The SMILES string of the molecule is C=CCNC(=O)[C@@H](NC(=O)c1ccccc1Cl)C(C)C. The van der Waals surface area contributed by atoms with Crippen LogP contribution in [-0.4, -0.2) is 24.4 Å². The van der Waals surface area contributed by atoms with Gasteiger partial charge in [0.15, 0.2) is 0 Å². The minimum absolute atomic E-state index is 0.0359. The van der Waals surface area contributed by atoms with Crippen LogP contribution in [-0.2, 0) is 4.79 Å². The Labute approximate surface area is 124 Å². The molecule has 0 spiro atoms. The van der Waals surface area contributed by atoms with Crippen molar-refractivity contribution in [3.05, 3.63) is 47.5 Å². The molecule has 0 fully saturated rings. The fraction of sp³-hybridized carbons (Fsp3) is 0.333. The summed E-state index contributed by atoms with van der Waals surface area (Å²) in [7, 11) is 0. The van der Waals surface area contributed by atoms with E-state index in [1.165, 1.54) is 0 Å². The normalized spacial score (nSPS) is 11.8. The monoisotopic (exact) mass is 294 g/mol. The first-order valence-electron chi connectivity index (χ1n) is 6.41. The molecular weight excluding hydrogens is 276 g/mol. The summed E-state index contributed by atoms with van der Waals surface area (Å²) in [6, 6.07) is 6.12. The second kappa shape index (κ2) is 7.70. The molecule has 1 rings (SSSR count). The maximum absolute atomic E-state index is 12.2. The average Bonchev–Trinajstić information content (AvgIpc) is 2.42. The molecule has 5 heteroatoms. The van der Waals surface area contributed by atoms with Crippen LogP contribution in [0.5, 0.6) is 0 Å². The number of amides is 2. The summed E-state index contributed by atoms with van der Waals surface area (Å²) < 4.78 is 0. The third-order valence-corrected chi connectivity index (χ3v) is 3.10. The van der Waals surface area contributed by atoms with E-state index in [2.05, 4.69) is 17.2 Å². The van der Waals surface area contributed by atoms with Crippen LogP contribution in [0.3, 0.4) is 0 Å². The molecular formula is C15H19ClN2O2. The van der Waals surface area contributed by atoms with E-state index in [0.29, 0.717) is 17.1 Å². The standard InChI is InChI=1S/C15H19ClN2O2/c1-4-9-17-15(20)13(10(2)3)18-14(19)11-7-5-6-8-12(11)16/h4-8,10,13H,1,9H2,2-3H3,(H,17,20)(H,18,19)/t13-/m0/s1. The van der Waals surface area contributed by atoms with Crippen LogP contribution in [0.25, 0.3) is 0 Å². The van der Waals surface area contributed by atoms with Gasteiger partial charge in [-0.3, -0.25) is 9.59 Å². The lowest BCUT2D eigenvalue weighted by Crippen LogP contribution is -2.49. The van der Waals surface area contributed by atoms with E-state index in [1.807, 2.05) is 13.8 Å². The van der Waals surface area contributed by atoms with Gasteiger partial charge in [-0.2, -0.15) is 0 Å². The lowest BCUT2D eigenvalue weighted by atomic mass is 10.0. The van der Waals surface area contributed by atoms with Gasteiger partial charge in [0.1, 0.15) is 6.04 Å². The van der Waals surface area contributed by atoms with E-state index >= 15 is 0 Å². The van der Waals surface area contributed by atoms with Gasteiger partial charge < -0.3 is 10.6 Å². The third kappa shape index (κ3) is 4.38. The Balaban J connectivity index is 2.81. The number of hydrogen-bond donors (Lipinski definition) is 2. The number of carbonyl (C=O) groups is 2. The van der Waals surface area contributed by atoms with E-state index in [0.717, 1.165) is 0 Å². The summed E-state index contributed by atoms with van der Waals surface area (Å²) in [5.41, 5.74) is 0.358. The minimum atomic E-state index is -0.612.